The Bertz CT molecular complexity index is 393. The smallest absolute Gasteiger partial charge is 0.124 e. The van der Waals surface area contributed by atoms with Crippen LogP contribution < -0.4 is 5.32 Å². The molecule has 2 nitrogen and oxygen atoms in total. The molecule has 0 aromatic heterocycles. The molecular weight excluding hydrogens is 297 g/mol. The molecule has 0 saturated heterocycles. The predicted octanol–water partition coefficient (Wildman–Crippen LogP) is 3.54. The molecule has 2 rings (SSSR count). The number of hydrogen-bond donors (Lipinski definition) is 2. The number of aliphatic hydroxyl groups is 1. The second-order valence-electron chi connectivity index (χ2n) is 4.90. The van der Waals surface area contributed by atoms with E-state index in [0.29, 0.717) is 10.5 Å². The number of benzene rings is 1. The summed E-state index contributed by atoms with van der Waals surface area (Å²) in [4.78, 5) is 0. The van der Waals surface area contributed by atoms with Crippen LogP contribution in [0.15, 0.2) is 22.7 Å². The molecule has 2 N–H and O–H groups in total. The molecule has 1 aromatic carbocycles. The molecule has 1 aliphatic carbocycles. The summed E-state index contributed by atoms with van der Waals surface area (Å²) in [5.74, 6) is -0.264. The average molecular weight is 316 g/mol. The summed E-state index contributed by atoms with van der Waals surface area (Å²) < 4.78 is 13.8. The lowest BCUT2D eigenvalue weighted by Gasteiger charge is -2.28. The summed E-state index contributed by atoms with van der Waals surface area (Å²) in [5.41, 5.74) is 0.921. The van der Waals surface area contributed by atoms with Crippen molar-refractivity contribution in [3.8, 4) is 0 Å². The van der Waals surface area contributed by atoms with Crippen molar-refractivity contribution < 1.29 is 9.50 Å². The fraction of sp³-hybridized carbons (Fsp3) is 0.571. The van der Waals surface area contributed by atoms with Crippen molar-refractivity contribution >= 4 is 15.9 Å². The largest absolute Gasteiger partial charge is 0.394 e. The Balaban J connectivity index is 2.07. The molecule has 0 bridgehead atoms. The molecule has 1 atom stereocenters. The monoisotopic (exact) mass is 315 g/mol. The first kappa shape index (κ1) is 14.0. The van der Waals surface area contributed by atoms with Gasteiger partial charge in [-0.05, 0) is 30.5 Å². The van der Waals surface area contributed by atoms with E-state index in [1.807, 2.05) is 0 Å². The first-order valence-corrected chi connectivity index (χ1v) is 7.32. The van der Waals surface area contributed by atoms with Gasteiger partial charge in [-0.2, -0.15) is 0 Å². The molecule has 0 amide bonds. The van der Waals surface area contributed by atoms with Gasteiger partial charge in [0.2, 0.25) is 0 Å². The highest BCUT2D eigenvalue weighted by Gasteiger charge is 2.20. The molecule has 0 spiro atoms. The highest BCUT2D eigenvalue weighted by molar-refractivity contribution is 9.10. The van der Waals surface area contributed by atoms with E-state index in [-0.39, 0.29) is 18.5 Å². The SMILES string of the molecule is OCC(NC1CCCCC1)c1ccc(F)cc1Br. The van der Waals surface area contributed by atoms with Gasteiger partial charge in [-0.25, -0.2) is 4.39 Å². The van der Waals surface area contributed by atoms with Crippen molar-refractivity contribution in [2.75, 3.05) is 6.61 Å². The van der Waals surface area contributed by atoms with E-state index in [1.165, 1.54) is 31.4 Å². The van der Waals surface area contributed by atoms with Crippen LogP contribution in [0.25, 0.3) is 0 Å². The summed E-state index contributed by atoms with van der Waals surface area (Å²) in [6.45, 7) is 0.0285. The van der Waals surface area contributed by atoms with Crippen LogP contribution in [0.3, 0.4) is 0 Å². The van der Waals surface area contributed by atoms with Gasteiger partial charge in [0.25, 0.3) is 0 Å². The third kappa shape index (κ3) is 3.53. The zero-order valence-electron chi connectivity index (χ0n) is 10.3. The maximum Gasteiger partial charge on any atom is 0.124 e. The van der Waals surface area contributed by atoms with Crippen molar-refractivity contribution in [3.63, 3.8) is 0 Å². The summed E-state index contributed by atoms with van der Waals surface area (Å²) in [6.07, 6.45) is 6.13. The fourth-order valence-electron chi connectivity index (χ4n) is 2.58. The Labute approximate surface area is 116 Å². The van der Waals surface area contributed by atoms with Crippen LogP contribution in [0.1, 0.15) is 43.7 Å². The standard InChI is InChI=1S/C14H19BrFNO/c15-13-8-10(16)6-7-12(13)14(9-18)17-11-4-2-1-3-5-11/h6-8,11,14,17-18H,1-5,9H2. The van der Waals surface area contributed by atoms with Gasteiger partial charge in [0.15, 0.2) is 0 Å². The van der Waals surface area contributed by atoms with Gasteiger partial charge in [0.1, 0.15) is 5.82 Å². The van der Waals surface area contributed by atoms with E-state index >= 15 is 0 Å². The van der Waals surface area contributed by atoms with Gasteiger partial charge in [0, 0.05) is 10.5 Å². The van der Waals surface area contributed by atoms with Crippen LogP contribution in [-0.2, 0) is 0 Å². The zero-order valence-corrected chi connectivity index (χ0v) is 11.9. The van der Waals surface area contributed by atoms with Gasteiger partial charge < -0.3 is 10.4 Å². The minimum atomic E-state index is -0.264. The Morgan fingerprint density at radius 1 is 1.33 bits per heavy atom. The number of halogens is 2. The van der Waals surface area contributed by atoms with Crippen molar-refractivity contribution in [2.45, 2.75) is 44.2 Å². The first-order chi connectivity index (χ1) is 8.70. The van der Waals surface area contributed by atoms with E-state index in [2.05, 4.69) is 21.2 Å². The molecule has 1 aromatic rings. The van der Waals surface area contributed by atoms with Crippen LogP contribution in [0.4, 0.5) is 4.39 Å². The normalized spacial score (nSPS) is 18.8. The van der Waals surface area contributed by atoms with Crippen molar-refractivity contribution in [1.29, 1.82) is 0 Å². The highest BCUT2D eigenvalue weighted by atomic mass is 79.9. The molecule has 1 unspecified atom stereocenters. The Morgan fingerprint density at radius 3 is 2.67 bits per heavy atom. The summed E-state index contributed by atoms with van der Waals surface area (Å²) in [7, 11) is 0. The Kier molecular flexibility index (Phi) is 5.15. The lowest BCUT2D eigenvalue weighted by molar-refractivity contribution is 0.220. The summed E-state index contributed by atoms with van der Waals surface area (Å²) >= 11 is 3.36. The van der Waals surface area contributed by atoms with E-state index in [4.69, 9.17) is 0 Å². The molecule has 1 saturated carbocycles. The van der Waals surface area contributed by atoms with Gasteiger partial charge in [0.05, 0.1) is 12.6 Å². The molecule has 4 heteroatoms. The van der Waals surface area contributed by atoms with Crippen LogP contribution >= 0.6 is 15.9 Å². The van der Waals surface area contributed by atoms with Crippen LogP contribution in [0.5, 0.6) is 0 Å². The zero-order chi connectivity index (χ0) is 13.0. The van der Waals surface area contributed by atoms with Gasteiger partial charge in [-0.1, -0.05) is 41.3 Å². The van der Waals surface area contributed by atoms with Gasteiger partial charge >= 0.3 is 0 Å². The third-order valence-electron chi connectivity index (χ3n) is 3.56. The number of hydrogen-bond acceptors (Lipinski definition) is 2. The van der Waals surface area contributed by atoms with Crippen LogP contribution in [0.2, 0.25) is 0 Å². The predicted molar refractivity (Wildman–Crippen MR) is 73.9 cm³/mol. The number of rotatable bonds is 4. The molecule has 0 radical (unpaired) electrons. The number of aliphatic hydroxyl groups excluding tert-OH is 1. The van der Waals surface area contributed by atoms with Crippen molar-refractivity contribution in [3.05, 3.63) is 34.1 Å². The summed E-state index contributed by atoms with van der Waals surface area (Å²) in [6, 6.07) is 4.96. The lowest BCUT2D eigenvalue weighted by Crippen LogP contribution is -2.36. The van der Waals surface area contributed by atoms with E-state index < -0.39 is 0 Å². The molecule has 1 aliphatic rings. The lowest BCUT2D eigenvalue weighted by atomic mass is 9.94. The molecule has 18 heavy (non-hydrogen) atoms. The molecule has 0 heterocycles. The molecule has 1 fully saturated rings. The third-order valence-corrected chi connectivity index (χ3v) is 4.25. The Hall–Kier alpha value is -0.450. The second kappa shape index (κ2) is 6.64. The van der Waals surface area contributed by atoms with Gasteiger partial charge in [-0.3, -0.25) is 0 Å². The van der Waals surface area contributed by atoms with E-state index in [0.717, 1.165) is 18.4 Å². The van der Waals surface area contributed by atoms with Gasteiger partial charge in [-0.15, -0.1) is 0 Å². The average Bonchev–Trinajstić information content (AvgIpc) is 2.38. The van der Waals surface area contributed by atoms with Crippen LogP contribution in [0, 0.1) is 5.82 Å². The number of nitrogens with one attached hydrogen (secondary N) is 1. The highest BCUT2D eigenvalue weighted by Crippen LogP contribution is 2.26. The minimum absolute atomic E-state index is 0.0285. The molecular formula is C14H19BrFNO. The van der Waals surface area contributed by atoms with Crippen LogP contribution in [-0.4, -0.2) is 17.8 Å². The molecule has 100 valence electrons. The topological polar surface area (TPSA) is 32.3 Å². The van der Waals surface area contributed by atoms with E-state index in [9.17, 15) is 9.50 Å². The fourth-order valence-corrected chi connectivity index (χ4v) is 3.21. The molecule has 0 aliphatic heterocycles. The van der Waals surface area contributed by atoms with E-state index in [1.54, 1.807) is 6.07 Å². The van der Waals surface area contributed by atoms with Crippen molar-refractivity contribution in [1.82, 2.24) is 5.32 Å². The second-order valence-corrected chi connectivity index (χ2v) is 5.76. The maximum absolute atomic E-state index is 13.1. The summed E-state index contributed by atoms with van der Waals surface area (Å²) in [5, 5.41) is 13.0. The minimum Gasteiger partial charge on any atom is -0.394 e. The quantitative estimate of drug-likeness (QED) is 0.890. The first-order valence-electron chi connectivity index (χ1n) is 6.52. The maximum atomic E-state index is 13.1. The Morgan fingerprint density at radius 2 is 2.06 bits per heavy atom. The van der Waals surface area contributed by atoms with Crippen molar-refractivity contribution in [2.24, 2.45) is 0 Å².